The topological polar surface area (TPSA) is 40.5 Å². The maximum atomic E-state index is 10.6. The summed E-state index contributed by atoms with van der Waals surface area (Å²) in [5, 5.41) is 20.6. The Hall–Kier alpha value is -1.84. The summed E-state index contributed by atoms with van der Waals surface area (Å²) in [7, 11) is 0. The number of phenols is 1. The number of rotatable bonds is 5. The van der Waals surface area contributed by atoms with Crippen LogP contribution >= 0.6 is 0 Å². The third kappa shape index (κ3) is 4.05. The fourth-order valence-corrected chi connectivity index (χ4v) is 4.12. The molecule has 1 fully saturated rings. The number of benzene rings is 2. The Balaban J connectivity index is 1.82. The van der Waals surface area contributed by atoms with Gasteiger partial charge < -0.3 is 10.2 Å². The highest BCUT2D eigenvalue weighted by Crippen LogP contribution is 2.36. The molecule has 2 aromatic carbocycles. The third-order valence-electron chi connectivity index (χ3n) is 6.01. The minimum absolute atomic E-state index is 0.324. The molecule has 3 heteroatoms. The Morgan fingerprint density at radius 3 is 2.48 bits per heavy atom. The van der Waals surface area contributed by atoms with Gasteiger partial charge in [-0.1, -0.05) is 50.2 Å². The summed E-state index contributed by atoms with van der Waals surface area (Å²) in [6.07, 6.45) is 1.46. The smallest absolute Gasteiger partial charge is 0.136 e. The van der Waals surface area contributed by atoms with Gasteiger partial charge in [-0.15, -0.1) is 0 Å². The van der Waals surface area contributed by atoms with Crippen LogP contribution in [0.2, 0.25) is 0 Å². The van der Waals surface area contributed by atoms with Gasteiger partial charge in [-0.25, -0.2) is 0 Å². The number of aliphatic hydroxyl groups excluding tert-OH is 1. The van der Waals surface area contributed by atoms with E-state index in [4.69, 9.17) is 0 Å². The molecule has 4 atom stereocenters. The van der Waals surface area contributed by atoms with Crippen LogP contribution in [0.5, 0.6) is 5.75 Å². The van der Waals surface area contributed by atoms with Crippen molar-refractivity contribution in [3.63, 3.8) is 0 Å². The second-order valence-electron chi connectivity index (χ2n) is 7.75. The first-order valence-electron chi connectivity index (χ1n) is 9.39. The van der Waals surface area contributed by atoms with Crippen LogP contribution in [0.4, 0.5) is 5.69 Å². The monoisotopic (exact) mass is 340 g/mol. The van der Waals surface area contributed by atoms with Crippen molar-refractivity contribution in [1.29, 1.82) is 0 Å². The highest BCUT2D eigenvalue weighted by Gasteiger charge is 2.39. The fourth-order valence-electron chi connectivity index (χ4n) is 4.12. The van der Waals surface area contributed by atoms with Gasteiger partial charge in [0.25, 0.3) is 0 Å². The molecule has 0 radical (unpaired) electrons. The summed E-state index contributed by atoms with van der Waals surface area (Å²) in [5.74, 6) is 1.68. The summed E-state index contributed by atoms with van der Waals surface area (Å²) in [6, 6.07) is 17.6. The first-order valence-corrected chi connectivity index (χ1v) is 9.39. The molecule has 3 nitrogen and oxygen atoms in total. The fraction of sp³-hybridized carbons (Fsp3) is 0.455. The van der Waals surface area contributed by atoms with E-state index in [1.807, 2.05) is 42.5 Å². The van der Waals surface area contributed by atoms with Crippen molar-refractivity contribution in [3.8, 4) is 5.75 Å². The van der Waals surface area contributed by atoms with E-state index in [0.29, 0.717) is 11.7 Å². The highest BCUT2D eigenvalue weighted by atomic mass is 16.3. The molecule has 3 rings (SSSR count). The minimum Gasteiger partial charge on any atom is -0.508 e. The van der Waals surface area contributed by atoms with Crippen LogP contribution in [-0.4, -0.2) is 29.8 Å². The Labute approximate surface area is 151 Å². The van der Waals surface area contributed by atoms with E-state index in [-0.39, 0.29) is 0 Å². The normalized spacial score (nSPS) is 27.8. The maximum Gasteiger partial charge on any atom is 0.136 e. The van der Waals surface area contributed by atoms with Gasteiger partial charge in [0.15, 0.2) is 0 Å². The van der Waals surface area contributed by atoms with Gasteiger partial charge in [0.05, 0.1) is 25.7 Å². The zero-order valence-electron chi connectivity index (χ0n) is 15.3. The number of hydrogen-bond donors (Lipinski definition) is 2. The third-order valence-corrected chi connectivity index (χ3v) is 6.01. The lowest BCUT2D eigenvalue weighted by Crippen LogP contribution is -2.57. The second kappa shape index (κ2) is 7.59. The molecule has 0 bridgehead atoms. The van der Waals surface area contributed by atoms with Crippen LogP contribution in [0.1, 0.15) is 38.4 Å². The van der Waals surface area contributed by atoms with E-state index < -0.39 is 6.10 Å². The van der Waals surface area contributed by atoms with Crippen molar-refractivity contribution in [2.24, 2.45) is 11.8 Å². The summed E-state index contributed by atoms with van der Waals surface area (Å²) < 4.78 is 0.851. The van der Waals surface area contributed by atoms with Crippen LogP contribution < -0.4 is 4.48 Å². The zero-order chi connectivity index (χ0) is 17.9. The average Bonchev–Trinajstić information content (AvgIpc) is 2.63. The van der Waals surface area contributed by atoms with E-state index in [2.05, 4.69) is 19.9 Å². The van der Waals surface area contributed by atoms with Crippen molar-refractivity contribution in [2.45, 2.75) is 32.8 Å². The number of quaternary nitrogens is 1. The molecule has 2 aromatic rings. The van der Waals surface area contributed by atoms with Crippen LogP contribution in [0.15, 0.2) is 54.6 Å². The number of piperidine rings is 1. The van der Waals surface area contributed by atoms with Gasteiger partial charge in [0, 0.05) is 24.8 Å². The predicted octanol–water partition coefficient (Wildman–Crippen LogP) is 4.50. The Morgan fingerprint density at radius 2 is 1.80 bits per heavy atom. The molecule has 1 heterocycles. The summed E-state index contributed by atoms with van der Waals surface area (Å²) in [4.78, 5) is 0. The zero-order valence-corrected chi connectivity index (χ0v) is 15.3. The van der Waals surface area contributed by atoms with E-state index >= 15 is 0 Å². The molecule has 1 aliphatic rings. The van der Waals surface area contributed by atoms with E-state index in [1.165, 1.54) is 12.1 Å². The van der Waals surface area contributed by atoms with Gasteiger partial charge in [-0.05, 0) is 23.6 Å². The predicted molar refractivity (Wildman–Crippen MR) is 103 cm³/mol. The molecule has 25 heavy (non-hydrogen) atoms. The summed E-state index contributed by atoms with van der Waals surface area (Å²) in [6.45, 7) is 7.67. The van der Waals surface area contributed by atoms with Crippen LogP contribution in [0.25, 0.3) is 0 Å². The van der Waals surface area contributed by atoms with Gasteiger partial charge in [0.2, 0.25) is 0 Å². The number of hydrogen-bond acceptors (Lipinski definition) is 2. The summed E-state index contributed by atoms with van der Waals surface area (Å²) >= 11 is 0. The highest BCUT2D eigenvalue weighted by molar-refractivity contribution is 5.48. The number of aliphatic hydroxyl groups is 1. The molecule has 0 saturated carbocycles. The first-order chi connectivity index (χ1) is 12.0. The Bertz CT molecular complexity index is 687. The Morgan fingerprint density at radius 1 is 1.04 bits per heavy atom. The van der Waals surface area contributed by atoms with Gasteiger partial charge >= 0.3 is 0 Å². The molecule has 2 N–H and O–H groups in total. The largest absolute Gasteiger partial charge is 0.508 e. The van der Waals surface area contributed by atoms with Crippen LogP contribution in [0.3, 0.4) is 0 Å². The minimum atomic E-state index is -0.442. The molecule has 0 spiro atoms. The molecule has 0 aromatic heterocycles. The first kappa shape index (κ1) is 18.0. The molecule has 0 aliphatic carbocycles. The molecule has 0 amide bonds. The van der Waals surface area contributed by atoms with E-state index in [1.54, 1.807) is 6.07 Å². The van der Waals surface area contributed by atoms with E-state index in [0.717, 1.165) is 42.0 Å². The van der Waals surface area contributed by atoms with Crippen molar-refractivity contribution in [1.82, 2.24) is 4.48 Å². The lowest BCUT2D eigenvalue weighted by atomic mass is 9.86. The molecule has 1 saturated heterocycles. The summed E-state index contributed by atoms with van der Waals surface area (Å²) in [5.41, 5.74) is 2.15. The second-order valence-corrected chi connectivity index (χ2v) is 7.75. The van der Waals surface area contributed by atoms with Crippen molar-refractivity contribution in [3.05, 3.63) is 60.2 Å². The maximum absolute atomic E-state index is 10.6. The van der Waals surface area contributed by atoms with Crippen molar-refractivity contribution in [2.75, 3.05) is 19.6 Å². The molecular formula is C22H30NO2+. The molecule has 1 unspecified atom stereocenters. The van der Waals surface area contributed by atoms with Crippen LogP contribution in [-0.2, 0) is 0 Å². The van der Waals surface area contributed by atoms with Gasteiger partial charge in [-0.2, -0.15) is 0 Å². The van der Waals surface area contributed by atoms with Crippen LogP contribution in [0, 0.1) is 11.8 Å². The quantitative estimate of drug-likeness (QED) is 0.787. The van der Waals surface area contributed by atoms with Crippen molar-refractivity contribution >= 4 is 5.69 Å². The van der Waals surface area contributed by atoms with E-state index in [9.17, 15) is 10.2 Å². The lowest BCUT2D eigenvalue weighted by Gasteiger charge is -2.46. The van der Waals surface area contributed by atoms with Gasteiger partial charge in [-0.3, -0.25) is 4.48 Å². The van der Waals surface area contributed by atoms with Crippen molar-refractivity contribution < 1.29 is 10.2 Å². The average molecular weight is 340 g/mol. The number of likely N-dealkylation sites (tertiary alicyclic amines) is 1. The standard InChI is InChI=1S/C22H29NO2/c1-17-11-13-23(16-18(17)2,20-9-6-10-21(24)15-20)14-12-22(25)19-7-4-3-5-8-19/h3-10,15,17-18,22,25H,11-14,16H2,1-2H3/p+1/t17?,18-,22+,23+/m0/s1. The Kier molecular flexibility index (Phi) is 5.45. The van der Waals surface area contributed by atoms with Gasteiger partial charge in [0.1, 0.15) is 11.4 Å². The SMILES string of the molecule is CC1CC[N@+](CC[C@@H](O)c2ccccc2)(c2cccc(O)c2)C[C@@H]1C. The number of phenolic OH excluding ortho intramolecular Hbond substituents is 1. The number of aromatic hydroxyl groups is 1. The number of nitrogens with zero attached hydrogens (tertiary/aromatic N) is 1. The molecule has 134 valence electrons. The lowest BCUT2D eigenvalue weighted by molar-refractivity contribution is 0.105. The molecular weight excluding hydrogens is 310 g/mol. The molecule has 1 aliphatic heterocycles.